The number of furan rings is 1. The van der Waals surface area contributed by atoms with Gasteiger partial charge in [0.1, 0.15) is 35.2 Å². The number of ketones is 1. The van der Waals surface area contributed by atoms with Crippen molar-refractivity contribution in [1.29, 1.82) is 0 Å². The van der Waals surface area contributed by atoms with E-state index in [0.717, 1.165) is 4.47 Å². The quantitative estimate of drug-likeness (QED) is 0.652. The van der Waals surface area contributed by atoms with E-state index in [1.807, 2.05) is 24.3 Å². The molecule has 0 unspecified atom stereocenters. The summed E-state index contributed by atoms with van der Waals surface area (Å²) in [7, 11) is 1.26. The van der Waals surface area contributed by atoms with Gasteiger partial charge in [0.2, 0.25) is 5.88 Å². The van der Waals surface area contributed by atoms with Crippen molar-refractivity contribution in [2.75, 3.05) is 7.11 Å². The van der Waals surface area contributed by atoms with Gasteiger partial charge in [0, 0.05) is 18.4 Å². The summed E-state index contributed by atoms with van der Waals surface area (Å²) in [5, 5.41) is 0. The van der Waals surface area contributed by atoms with Gasteiger partial charge in [0.15, 0.2) is 5.78 Å². The third kappa shape index (κ3) is 3.75. The highest BCUT2D eigenvalue weighted by Gasteiger charge is 2.42. The Hall–Kier alpha value is -3.00. The summed E-state index contributed by atoms with van der Waals surface area (Å²) < 4.78 is 23.1. The van der Waals surface area contributed by atoms with E-state index in [1.165, 1.54) is 7.11 Å². The van der Waals surface area contributed by atoms with E-state index in [1.54, 1.807) is 12.1 Å². The van der Waals surface area contributed by atoms with Crippen LogP contribution >= 0.6 is 15.9 Å². The molecule has 1 aliphatic carbocycles. The zero-order valence-electron chi connectivity index (χ0n) is 16.3. The van der Waals surface area contributed by atoms with E-state index in [0.29, 0.717) is 47.9 Å². The van der Waals surface area contributed by atoms with Crippen LogP contribution in [-0.2, 0) is 25.7 Å². The lowest BCUT2D eigenvalue weighted by molar-refractivity contribution is -0.136. The molecule has 0 radical (unpaired) electrons. The molecular weight excluding hydrogens is 454 g/mol. The third-order valence-electron chi connectivity index (χ3n) is 5.06. The van der Waals surface area contributed by atoms with Gasteiger partial charge in [-0.05, 0) is 46.6 Å². The molecular formula is C22H20BrNO6. The first-order chi connectivity index (χ1) is 14.5. The lowest BCUT2D eigenvalue weighted by Gasteiger charge is -2.30. The predicted molar refractivity (Wildman–Crippen MR) is 110 cm³/mol. The predicted octanol–water partition coefficient (Wildman–Crippen LogP) is 4.09. The second-order valence-electron chi connectivity index (χ2n) is 6.94. The van der Waals surface area contributed by atoms with Crippen LogP contribution in [0.2, 0.25) is 0 Å². The Kier molecular flexibility index (Phi) is 5.67. The van der Waals surface area contributed by atoms with Gasteiger partial charge in [-0.3, -0.25) is 4.79 Å². The summed E-state index contributed by atoms with van der Waals surface area (Å²) in [6.07, 6.45) is 1.63. The van der Waals surface area contributed by atoms with Gasteiger partial charge in [0.05, 0.1) is 17.5 Å². The lowest BCUT2D eigenvalue weighted by atomic mass is 9.79. The minimum atomic E-state index is -0.772. The Labute approximate surface area is 181 Å². The number of ether oxygens (including phenoxy) is 3. The van der Waals surface area contributed by atoms with Crippen LogP contribution < -0.4 is 10.5 Å². The average Bonchev–Trinajstić information content (AvgIpc) is 3.20. The molecule has 30 heavy (non-hydrogen) atoms. The minimum Gasteiger partial charge on any atom is -0.484 e. The molecule has 0 saturated heterocycles. The van der Waals surface area contributed by atoms with Gasteiger partial charge in [0.25, 0.3) is 0 Å². The number of carbonyl (C=O) groups excluding carboxylic acids is 2. The molecule has 1 aromatic heterocycles. The van der Waals surface area contributed by atoms with Crippen molar-refractivity contribution < 1.29 is 28.2 Å². The maximum absolute atomic E-state index is 12.7. The van der Waals surface area contributed by atoms with Crippen LogP contribution in [0.5, 0.6) is 5.75 Å². The van der Waals surface area contributed by atoms with Crippen LogP contribution in [0.1, 0.15) is 36.7 Å². The van der Waals surface area contributed by atoms with Gasteiger partial charge in [-0.2, -0.15) is 0 Å². The molecule has 4 rings (SSSR count). The number of allylic oxidation sites excluding steroid dienone is 2. The summed E-state index contributed by atoms with van der Waals surface area (Å²) in [4.78, 5) is 25.2. The van der Waals surface area contributed by atoms with Gasteiger partial charge in [-0.25, -0.2) is 4.79 Å². The largest absolute Gasteiger partial charge is 0.484 e. The number of nitrogens with two attached hydrogens (primary N) is 1. The normalized spacial score (nSPS) is 18.7. The second-order valence-corrected chi connectivity index (χ2v) is 7.80. The van der Waals surface area contributed by atoms with E-state index in [2.05, 4.69) is 15.9 Å². The Morgan fingerprint density at radius 3 is 2.80 bits per heavy atom. The maximum atomic E-state index is 12.7. The van der Waals surface area contributed by atoms with Crippen LogP contribution in [0.4, 0.5) is 0 Å². The number of halogens is 1. The number of hydrogen-bond donors (Lipinski definition) is 1. The van der Waals surface area contributed by atoms with E-state index >= 15 is 0 Å². The van der Waals surface area contributed by atoms with E-state index in [-0.39, 0.29) is 23.8 Å². The number of Topliss-reactive ketones (excluding diaryl/α,β-unsaturated/α-hetero) is 1. The summed E-state index contributed by atoms with van der Waals surface area (Å²) in [6.45, 7) is 0.179. The molecule has 1 atom stereocenters. The van der Waals surface area contributed by atoms with Crippen molar-refractivity contribution in [3.05, 3.63) is 75.2 Å². The number of hydrogen-bond acceptors (Lipinski definition) is 7. The molecule has 7 nitrogen and oxygen atoms in total. The fourth-order valence-electron chi connectivity index (χ4n) is 3.69. The van der Waals surface area contributed by atoms with Crippen molar-refractivity contribution >= 4 is 27.7 Å². The Morgan fingerprint density at radius 2 is 2.03 bits per heavy atom. The van der Waals surface area contributed by atoms with Gasteiger partial charge in [-0.1, -0.05) is 12.1 Å². The van der Waals surface area contributed by atoms with E-state index < -0.39 is 11.9 Å². The number of carbonyl (C=O) groups is 2. The average molecular weight is 474 g/mol. The summed E-state index contributed by atoms with van der Waals surface area (Å²) in [5.41, 5.74) is 6.51. The van der Waals surface area contributed by atoms with Gasteiger partial charge < -0.3 is 24.4 Å². The maximum Gasteiger partial charge on any atom is 0.340 e. The van der Waals surface area contributed by atoms with Gasteiger partial charge >= 0.3 is 5.97 Å². The minimum absolute atomic E-state index is 0.0669. The smallest absolute Gasteiger partial charge is 0.340 e. The molecule has 1 aliphatic heterocycles. The van der Waals surface area contributed by atoms with E-state index in [9.17, 15) is 9.59 Å². The highest BCUT2D eigenvalue weighted by atomic mass is 79.9. The molecule has 2 aromatic rings. The first kappa shape index (κ1) is 20.3. The molecule has 156 valence electrons. The molecule has 8 heteroatoms. The molecule has 1 aromatic carbocycles. The molecule has 0 spiro atoms. The number of esters is 1. The van der Waals surface area contributed by atoms with Crippen molar-refractivity contribution in [3.63, 3.8) is 0 Å². The third-order valence-corrected chi connectivity index (χ3v) is 5.72. The Morgan fingerprint density at radius 1 is 1.23 bits per heavy atom. The first-order valence-electron chi connectivity index (χ1n) is 9.47. The van der Waals surface area contributed by atoms with Crippen molar-refractivity contribution in [1.82, 2.24) is 0 Å². The van der Waals surface area contributed by atoms with Crippen LogP contribution in [-0.4, -0.2) is 18.9 Å². The Bertz CT molecular complexity index is 1070. The van der Waals surface area contributed by atoms with Crippen molar-refractivity contribution in [2.24, 2.45) is 5.73 Å². The van der Waals surface area contributed by atoms with Crippen LogP contribution in [0.15, 0.2) is 68.1 Å². The Balaban J connectivity index is 1.66. The SMILES string of the molecule is COC(=O)C1=C(N)OC2=C(C(=O)CCC2)[C@@H]1c1ccc(COc2ccccc2Br)o1. The van der Waals surface area contributed by atoms with Crippen molar-refractivity contribution in [2.45, 2.75) is 31.8 Å². The topological polar surface area (TPSA) is 101 Å². The first-order valence-corrected chi connectivity index (χ1v) is 10.3. The summed E-state index contributed by atoms with van der Waals surface area (Å²) in [6, 6.07) is 10.9. The molecule has 0 bridgehead atoms. The molecule has 0 fully saturated rings. The van der Waals surface area contributed by atoms with Crippen molar-refractivity contribution in [3.8, 4) is 5.75 Å². The summed E-state index contributed by atoms with van der Waals surface area (Å²) >= 11 is 3.44. The number of para-hydroxylation sites is 1. The monoisotopic (exact) mass is 473 g/mol. The zero-order chi connectivity index (χ0) is 21.3. The standard InChI is InChI=1S/C22H20BrNO6/c1-27-22(26)20-19(18-14(25)6-4-8-16(18)30-21(20)24)17-10-9-12(29-17)11-28-15-7-3-2-5-13(15)23/h2-3,5,7,9-10,19H,4,6,8,11,24H2,1H3/t19-/m0/s1. The van der Waals surface area contributed by atoms with E-state index in [4.69, 9.17) is 24.4 Å². The fraction of sp³-hybridized carbons (Fsp3) is 0.273. The molecule has 2 N–H and O–H groups in total. The summed E-state index contributed by atoms with van der Waals surface area (Å²) in [5.74, 6) is 0.532. The fourth-order valence-corrected chi connectivity index (χ4v) is 4.09. The lowest BCUT2D eigenvalue weighted by Crippen LogP contribution is -2.31. The van der Waals surface area contributed by atoms with Crippen LogP contribution in [0, 0.1) is 0 Å². The molecule has 2 aliphatic rings. The number of benzene rings is 1. The van der Waals surface area contributed by atoms with Crippen LogP contribution in [0.3, 0.4) is 0 Å². The zero-order valence-corrected chi connectivity index (χ0v) is 17.9. The highest BCUT2D eigenvalue weighted by Crippen LogP contribution is 2.44. The van der Waals surface area contributed by atoms with Crippen LogP contribution in [0.25, 0.3) is 0 Å². The molecule has 2 heterocycles. The second kappa shape index (κ2) is 8.39. The number of methoxy groups -OCH3 is 1. The number of rotatable bonds is 5. The highest BCUT2D eigenvalue weighted by molar-refractivity contribution is 9.10. The molecule has 0 saturated carbocycles. The molecule has 0 amide bonds. The van der Waals surface area contributed by atoms with Gasteiger partial charge in [-0.15, -0.1) is 0 Å².